The zero-order valence-electron chi connectivity index (χ0n) is 14.5. The molecule has 0 saturated heterocycles. The minimum atomic E-state index is -0.0519. The molecule has 0 heterocycles. The van der Waals surface area contributed by atoms with Gasteiger partial charge in [-0.3, -0.25) is 0 Å². The van der Waals surface area contributed by atoms with Crippen LogP contribution in [0.1, 0.15) is 54.2 Å². The summed E-state index contributed by atoms with van der Waals surface area (Å²) in [5.74, 6) is 0.886. The Labute approximate surface area is 144 Å². The molecule has 0 bridgehead atoms. The van der Waals surface area contributed by atoms with E-state index in [0.717, 1.165) is 24.2 Å². The van der Waals surface area contributed by atoms with E-state index in [1.807, 2.05) is 31.2 Å². The molecule has 1 N–H and O–H groups in total. The number of hydrogen-bond donors (Lipinski definition) is 1. The average Bonchev–Trinajstić information content (AvgIpc) is 3.00. The molecule has 0 radical (unpaired) electrons. The van der Waals surface area contributed by atoms with Crippen LogP contribution in [0.2, 0.25) is 0 Å². The van der Waals surface area contributed by atoms with Crippen molar-refractivity contribution in [3.8, 4) is 5.75 Å². The number of fused-ring (bicyclic) bond motifs is 1. The molecule has 0 spiro atoms. The lowest BCUT2D eigenvalue weighted by molar-refractivity contribution is 0.0431. The highest BCUT2D eigenvalue weighted by Crippen LogP contribution is 2.36. The van der Waals surface area contributed by atoms with E-state index in [2.05, 4.69) is 25.1 Å². The minimum absolute atomic E-state index is 0.0519. The first-order valence-corrected chi connectivity index (χ1v) is 8.80. The van der Waals surface area contributed by atoms with Crippen LogP contribution in [-0.4, -0.2) is 18.3 Å². The molecule has 3 heteroatoms. The van der Waals surface area contributed by atoms with E-state index in [4.69, 9.17) is 9.47 Å². The molecule has 24 heavy (non-hydrogen) atoms. The standard InChI is InChI=1S/C21H26O3/c1-3-23-20(13-14-22)16-7-9-17(10-8-16)24-21-12-11-18-15(2)5-4-6-19(18)21/h4-10,20-22H,3,11-14H2,1-2H3/t20-,21+/m0/s1. The Hall–Kier alpha value is -1.84. The normalized spacial score (nSPS) is 17.5. The molecule has 2 aromatic carbocycles. The maximum Gasteiger partial charge on any atom is 0.124 e. The third-order valence-electron chi connectivity index (χ3n) is 4.74. The molecule has 1 aliphatic carbocycles. The van der Waals surface area contributed by atoms with Gasteiger partial charge >= 0.3 is 0 Å². The van der Waals surface area contributed by atoms with Crippen LogP contribution in [0.15, 0.2) is 42.5 Å². The summed E-state index contributed by atoms with van der Waals surface area (Å²) < 4.78 is 11.9. The molecule has 3 nitrogen and oxygen atoms in total. The number of rotatable bonds is 7. The van der Waals surface area contributed by atoms with Gasteiger partial charge in [0.05, 0.1) is 6.10 Å². The second-order valence-electron chi connectivity index (χ2n) is 6.31. The van der Waals surface area contributed by atoms with Crippen molar-refractivity contribution in [2.75, 3.05) is 13.2 Å². The van der Waals surface area contributed by atoms with Crippen LogP contribution in [0.5, 0.6) is 5.75 Å². The first kappa shape index (κ1) is 17.0. The average molecular weight is 326 g/mol. The van der Waals surface area contributed by atoms with E-state index < -0.39 is 0 Å². The number of benzene rings is 2. The summed E-state index contributed by atoms with van der Waals surface area (Å²) in [6.07, 6.45) is 2.83. The SMILES string of the molecule is CCO[C@@H](CCO)c1ccc(O[C@@H]2CCc3c(C)cccc32)cc1. The summed E-state index contributed by atoms with van der Waals surface area (Å²) in [5.41, 5.74) is 5.21. The van der Waals surface area contributed by atoms with E-state index in [9.17, 15) is 5.11 Å². The van der Waals surface area contributed by atoms with Crippen LogP contribution in [0.4, 0.5) is 0 Å². The molecule has 0 saturated carbocycles. The number of aryl methyl sites for hydroxylation is 1. The maximum atomic E-state index is 9.18. The van der Waals surface area contributed by atoms with Gasteiger partial charge in [0.2, 0.25) is 0 Å². The van der Waals surface area contributed by atoms with Gasteiger partial charge in [0.25, 0.3) is 0 Å². The lowest BCUT2D eigenvalue weighted by Crippen LogP contribution is -2.07. The largest absolute Gasteiger partial charge is 0.486 e. The zero-order chi connectivity index (χ0) is 16.9. The number of hydrogen-bond acceptors (Lipinski definition) is 3. The molecule has 0 fully saturated rings. The predicted octanol–water partition coefficient (Wildman–Crippen LogP) is 4.52. The van der Waals surface area contributed by atoms with Crippen molar-refractivity contribution in [2.45, 2.75) is 45.3 Å². The third kappa shape index (κ3) is 3.63. The monoisotopic (exact) mass is 326 g/mol. The van der Waals surface area contributed by atoms with E-state index in [1.54, 1.807) is 0 Å². The topological polar surface area (TPSA) is 38.7 Å². The van der Waals surface area contributed by atoms with Crippen molar-refractivity contribution in [3.05, 3.63) is 64.7 Å². The third-order valence-corrected chi connectivity index (χ3v) is 4.74. The summed E-state index contributed by atoms with van der Waals surface area (Å²) >= 11 is 0. The van der Waals surface area contributed by atoms with Gasteiger partial charge in [0.15, 0.2) is 0 Å². The van der Waals surface area contributed by atoms with Gasteiger partial charge in [0, 0.05) is 19.6 Å². The number of aliphatic hydroxyl groups is 1. The van der Waals surface area contributed by atoms with Gasteiger partial charge in [-0.1, -0.05) is 30.3 Å². The summed E-state index contributed by atoms with van der Waals surface area (Å²) in [4.78, 5) is 0. The molecule has 2 atom stereocenters. The molecule has 0 unspecified atom stereocenters. The van der Waals surface area contributed by atoms with E-state index >= 15 is 0 Å². The maximum absolute atomic E-state index is 9.18. The quantitative estimate of drug-likeness (QED) is 0.813. The molecule has 0 amide bonds. The Morgan fingerprint density at radius 1 is 1.17 bits per heavy atom. The van der Waals surface area contributed by atoms with Crippen molar-refractivity contribution in [3.63, 3.8) is 0 Å². The van der Waals surface area contributed by atoms with Gasteiger partial charge in [-0.05, 0) is 61.1 Å². The number of ether oxygens (including phenoxy) is 2. The van der Waals surface area contributed by atoms with E-state index in [1.165, 1.54) is 16.7 Å². The van der Waals surface area contributed by atoms with Gasteiger partial charge in [0.1, 0.15) is 11.9 Å². The van der Waals surface area contributed by atoms with Gasteiger partial charge in [-0.25, -0.2) is 0 Å². The zero-order valence-corrected chi connectivity index (χ0v) is 14.5. The summed E-state index contributed by atoms with van der Waals surface area (Å²) in [6.45, 7) is 4.91. The predicted molar refractivity (Wildman–Crippen MR) is 95.4 cm³/mol. The summed E-state index contributed by atoms with van der Waals surface area (Å²) in [7, 11) is 0. The van der Waals surface area contributed by atoms with E-state index in [0.29, 0.717) is 13.0 Å². The van der Waals surface area contributed by atoms with Gasteiger partial charge in [-0.15, -0.1) is 0 Å². The highest BCUT2D eigenvalue weighted by Gasteiger charge is 2.25. The van der Waals surface area contributed by atoms with Crippen molar-refractivity contribution >= 4 is 0 Å². The van der Waals surface area contributed by atoms with Gasteiger partial charge < -0.3 is 14.6 Å². The van der Waals surface area contributed by atoms with Crippen LogP contribution < -0.4 is 4.74 Å². The number of aliphatic hydroxyl groups excluding tert-OH is 1. The molecule has 0 aromatic heterocycles. The fourth-order valence-electron chi connectivity index (χ4n) is 3.51. The fourth-order valence-corrected chi connectivity index (χ4v) is 3.51. The van der Waals surface area contributed by atoms with Crippen LogP contribution >= 0.6 is 0 Å². The Morgan fingerprint density at radius 3 is 2.67 bits per heavy atom. The Kier molecular flexibility index (Phi) is 5.54. The highest BCUT2D eigenvalue weighted by molar-refractivity contribution is 5.40. The van der Waals surface area contributed by atoms with Crippen LogP contribution in [-0.2, 0) is 11.2 Å². The Bertz CT molecular complexity index is 657. The molecule has 1 aliphatic rings. The van der Waals surface area contributed by atoms with Crippen LogP contribution in [0, 0.1) is 6.92 Å². The molecular weight excluding hydrogens is 300 g/mol. The lowest BCUT2D eigenvalue weighted by Gasteiger charge is -2.18. The highest BCUT2D eigenvalue weighted by atomic mass is 16.5. The van der Waals surface area contributed by atoms with Crippen molar-refractivity contribution in [1.82, 2.24) is 0 Å². The molecule has 2 aromatic rings. The van der Waals surface area contributed by atoms with Crippen molar-refractivity contribution < 1.29 is 14.6 Å². The molecule has 3 rings (SSSR count). The summed E-state index contributed by atoms with van der Waals surface area (Å²) in [5, 5.41) is 9.18. The fraction of sp³-hybridized carbons (Fsp3) is 0.429. The van der Waals surface area contributed by atoms with Gasteiger partial charge in [-0.2, -0.15) is 0 Å². The first-order valence-electron chi connectivity index (χ1n) is 8.80. The van der Waals surface area contributed by atoms with Crippen molar-refractivity contribution in [2.24, 2.45) is 0 Å². The van der Waals surface area contributed by atoms with Crippen LogP contribution in [0.25, 0.3) is 0 Å². The molecule has 128 valence electrons. The smallest absolute Gasteiger partial charge is 0.124 e. The second kappa shape index (κ2) is 7.82. The first-order chi connectivity index (χ1) is 11.7. The second-order valence-corrected chi connectivity index (χ2v) is 6.31. The summed E-state index contributed by atoms with van der Waals surface area (Å²) in [6, 6.07) is 14.6. The van der Waals surface area contributed by atoms with Crippen molar-refractivity contribution in [1.29, 1.82) is 0 Å². The minimum Gasteiger partial charge on any atom is -0.486 e. The lowest BCUT2D eigenvalue weighted by atomic mass is 10.0. The molecular formula is C21H26O3. The van der Waals surface area contributed by atoms with E-state index in [-0.39, 0.29) is 18.8 Å². The molecule has 0 aliphatic heterocycles. The Balaban J connectivity index is 1.70. The Morgan fingerprint density at radius 2 is 1.96 bits per heavy atom. The van der Waals surface area contributed by atoms with Crippen LogP contribution in [0.3, 0.4) is 0 Å².